The Bertz CT molecular complexity index is 371. The number of hydrogen-bond donors (Lipinski definition) is 5. The van der Waals surface area contributed by atoms with Crippen LogP contribution in [0.3, 0.4) is 0 Å². The predicted molar refractivity (Wildman–Crippen MR) is 59.2 cm³/mol. The van der Waals surface area contributed by atoms with E-state index in [9.17, 15) is 4.79 Å². The lowest BCUT2D eigenvalue weighted by Crippen LogP contribution is -2.32. The second kappa shape index (κ2) is 6.04. The van der Waals surface area contributed by atoms with Crippen molar-refractivity contribution in [3.63, 3.8) is 0 Å². The molecule has 1 aromatic carbocycles. The lowest BCUT2D eigenvalue weighted by Gasteiger charge is -2.13. The minimum absolute atomic E-state index is 0. The van der Waals surface area contributed by atoms with Gasteiger partial charge in [-0.05, 0) is 12.1 Å². The van der Waals surface area contributed by atoms with E-state index < -0.39 is 18.6 Å². The molecule has 1 atom stereocenters. The first kappa shape index (κ1) is 14.3. The van der Waals surface area contributed by atoms with Crippen molar-refractivity contribution < 1.29 is 25.2 Å². The van der Waals surface area contributed by atoms with Crippen molar-refractivity contribution in [1.29, 1.82) is 0 Å². The lowest BCUT2D eigenvalue weighted by atomic mass is 10.2. The summed E-state index contributed by atoms with van der Waals surface area (Å²) in [6.45, 7) is -0.572. The van der Waals surface area contributed by atoms with Gasteiger partial charge in [0.15, 0.2) is 11.5 Å². The first-order valence-corrected chi connectivity index (χ1v) is 4.16. The highest BCUT2D eigenvalue weighted by Crippen LogP contribution is 2.27. The van der Waals surface area contributed by atoms with Crippen molar-refractivity contribution >= 4 is 24.1 Å². The van der Waals surface area contributed by atoms with E-state index in [2.05, 4.69) is 5.32 Å². The zero-order valence-electron chi connectivity index (χ0n) is 8.12. The molecule has 0 bridgehead atoms. The number of carboxylic acids is 1. The lowest BCUT2D eigenvalue weighted by molar-refractivity contribution is -0.138. The minimum Gasteiger partial charge on any atom is -0.504 e. The summed E-state index contributed by atoms with van der Waals surface area (Å²) in [6.07, 6.45) is 0. The van der Waals surface area contributed by atoms with Gasteiger partial charge in [0.1, 0.15) is 6.04 Å². The third-order valence-electron chi connectivity index (χ3n) is 1.80. The third-order valence-corrected chi connectivity index (χ3v) is 1.80. The van der Waals surface area contributed by atoms with Gasteiger partial charge in [0.05, 0.1) is 6.61 Å². The summed E-state index contributed by atoms with van der Waals surface area (Å²) >= 11 is 0. The van der Waals surface area contributed by atoms with Crippen LogP contribution >= 0.6 is 12.4 Å². The van der Waals surface area contributed by atoms with Crippen LogP contribution in [0.2, 0.25) is 0 Å². The van der Waals surface area contributed by atoms with Gasteiger partial charge in [-0.3, -0.25) is 0 Å². The summed E-state index contributed by atoms with van der Waals surface area (Å²) in [6, 6.07) is 2.63. The number of carbonyl (C=O) groups is 1. The number of aromatic hydroxyl groups is 2. The highest BCUT2D eigenvalue weighted by Gasteiger charge is 2.15. The monoisotopic (exact) mass is 249 g/mol. The molecule has 16 heavy (non-hydrogen) atoms. The number of benzene rings is 1. The molecule has 0 saturated carbocycles. The first-order valence-electron chi connectivity index (χ1n) is 4.16. The van der Waals surface area contributed by atoms with E-state index in [0.717, 1.165) is 0 Å². The molecule has 7 heteroatoms. The molecule has 0 aliphatic rings. The van der Waals surface area contributed by atoms with Crippen LogP contribution in [0.5, 0.6) is 11.5 Å². The van der Waals surface area contributed by atoms with Gasteiger partial charge in [-0.15, -0.1) is 12.4 Å². The van der Waals surface area contributed by atoms with Crippen molar-refractivity contribution in [3.05, 3.63) is 18.2 Å². The molecule has 0 amide bonds. The number of phenols is 2. The molecule has 0 heterocycles. The second-order valence-electron chi connectivity index (χ2n) is 2.92. The summed E-state index contributed by atoms with van der Waals surface area (Å²) in [5.41, 5.74) is 0.298. The van der Waals surface area contributed by atoms with Crippen LogP contribution in [0, 0.1) is 0 Å². The van der Waals surface area contributed by atoms with Crippen LogP contribution in [-0.2, 0) is 4.79 Å². The molecular formula is C9H12ClNO5. The fourth-order valence-corrected chi connectivity index (χ4v) is 1.000. The summed E-state index contributed by atoms with van der Waals surface area (Å²) in [7, 11) is 0. The second-order valence-corrected chi connectivity index (χ2v) is 2.92. The van der Waals surface area contributed by atoms with Gasteiger partial charge in [-0.1, -0.05) is 0 Å². The van der Waals surface area contributed by atoms with E-state index in [4.69, 9.17) is 20.4 Å². The number of anilines is 1. The van der Waals surface area contributed by atoms with Crippen LogP contribution in [0.4, 0.5) is 5.69 Å². The van der Waals surface area contributed by atoms with Gasteiger partial charge in [-0.2, -0.15) is 0 Å². The average molecular weight is 250 g/mol. The van der Waals surface area contributed by atoms with Crippen LogP contribution in [-0.4, -0.2) is 39.0 Å². The van der Waals surface area contributed by atoms with Gasteiger partial charge >= 0.3 is 5.97 Å². The summed E-state index contributed by atoms with van der Waals surface area (Å²) in [5, 5.41) is 38.0. The maximum absolute atomic E-state index is 10.6. The number of carboxylic acid groups (broad SMARTS) is 1. The van der Waals surface area contributed by atoms with E-state index in [-0.39, 0.29) is 23.9 Å². The molecule has 5 N–H and O–H groups in total. The van der Waals surface area contributed by atoms with E-state index in [1.807, 2.05) is 0 Å². The normalized spacial score (nSPS) is 11.3. The maximum Gasteiger partial charge on any atom is 0.328 e. The Labute approximate surface area is 97.6 Å². The van der Waals surface area contributed by atoms with Crippen LogP contribution in [0.25, 0.3) is 0 Å². The number of nitrogens with one attached hydrogen (secondary N) is 1. The van der Waals surface area contributed by atoms with E-state index in [0.29, 0.717) is 5.69 Å². The Morgan fingerprint density at radius 2 is 1.94 bits per heavy atom. The highest BCUT2D eigenvalue weighted by atomic mass is 35.5. The number of aliphatic hydroxyl groups is 1. The smallest absolute Gasteiger partial charge is 0.328 e. The molecule has 0 spiro atoms. The summed E-state index contributed by atoms with van der Waals surface area (Å²) < 4.78 is 0. The summed E-state index contributed by atoms with van der Waals surface area (Å²) in [4.78, 5) is 10.6. The van der Waals surface area contributed by atoms with Crippen molar-refractivity contribution in [3.8, 4) is 11.5 Å². The molecule has 0 radical (unpaired) electrons. The molecule has 90 valence electrons. The van der Waals surface area contributed by atoms with Crippen LogP contribution in [0.15, 0.2) is 18.2 Å². The molecule has 0 aliphatic carbocycles. The van der Waals surface area contributed by atoms with Gasteiger partial charge in [0.25, 0.3) is 0 Å². The molecule has 1 aromatic rings. The highest BCUT2D eigenvalue weighted by molar-refractivity contribution is 5.85. The molecule has 0 aliphatic heterocycles. The van der Waals surface area contributed by atoms with Gasteiger partial charge in [0, 0.05) is 11.8 Å². The number of halogens is 1. The summed E-state index contributed by atoms with van der Waals surface area (Å²) in [5.74, 6) is -1.86. The number of aliphatic carboxylic acids is 1. The van der Waals surface area contributed by atoms with E-state index in [1.54, 1.807) is 0 Å². The van der Waals surface area contributed by atoms with E-state index in [1.165, 1.54) is 18.2 Å². The fourth-order valence-electron chi connectivity index (χ4n) is 1.000. The molecule has 6 nitrogen and oxygen atoms in total. The fraction of sp³-hybridized carbons (Fsp3) is 0.222. The molecule has 0 unspecified atom stereocenters. The van der Waals surface area contributed by atoms with Gasteiger partial charge < -0.3 is 25.7 Å². The Hall–Kier alpha value is -1.66. The van der Waals surface area contributed by atoms with Crippen LogP contribution in [0.1, 0.15) is 0 Å². The average Bonchev–Trinajstić information content (AvgIpc) is 2.19. The number of hydrogen-bond acceptors (Lipinski definition) is 5. The Kier molecular flexibility index (Phi) is 5.41. The molecule has 1 rings (SSSR count). The van der Waals surface area contributed by atoms with Crippen molar-refractivity contribution in [2.24, 2.45) is 0 Å². The quantitative estimate of drug-likeness (QED) is 0.390. The topological polar surface area (TPSA) is 110 Å². The van der Waals surface area contributed by atoms with Crippen molar-refractivity contribution in [2.75, 3.05) is 11.9 Å². The SMILES string of the molecule is Cl.O=C(O)[C@H](CO)Nc1ccc(O)c(O)c1. The Morgan fingerprint density at radius 1 is 1.31 bits per heavy atom. The zero-order valence-corrected chi connectivity index (χ0v) is 8.94. The van der Waals surface area contributed by atoms with Crippen molar-refractivity contribution in [1.82, 2.24) is 0 Å². The van der Waals surface area contributed by atoms with Gasteiger partial charge in [0.2, 0.25) is 0 Å². The number of phenolic OH excluding ortho intramolecular Hbond substituents is 2. The molecule has 0 saturated heterocycles. The third kappa shape index (κ3) is 3.48. The Morgan fingerprint density at radius 3 is 2.38 bits per heavy atom. The zero-order chi connectivity index (χ0) is 11.4. The van der Waals surface area contributed by atoms with Crippen LogP contribution < -0.4 is 5.32 Å². The minimum atomic E-state index is -1.20. The first-order chi connectivity index (χ1) is 7.04. The number of rotatable bonds is 4. The Balaban J connectivity index is 0.00000225. The standard InChI is InChI=1S/C9H11NO5.ClH/c11-4-6(9(14)15)10-5-1-2-7(12)8(13)3-5;/h1-3,6,10-13H,4H2,(H,14,15);1H/t6-;/m0./s1. The maximum atomic E-state index is 10.6. The predicted octanol–water partition coefficient (Wildman–Crippen LogP) is 0.377. The molecular weight excluding hydrogens is 238 g/mol. The van der Waals surface area contributed by atoms with Gasteiger partial charge in [-0.25, -0.2) is 4.79 Å². The largest absolute Gasteiger partial charge is 0.504 e. The molecule has 0 aromatic heterocycles. The van der Waals surface area contributed by atoms with Crippen molar-refractivity contribution in [2.45, 2.75) is 6.04 Å². The van der Waals surface area contributed by atoms with E-state index >= 15 is 0 Å². The number of aliphatic hydroxyl groups excluding tert-OH is 1. The molecule has 0 fully saturated rings.